The average molecular weight is 211 g/mol. The maximum Gasteiger partial charge on any atom is 0.303 e. The van der Waals surface area contributed by atoms with Gasteiger partial charge in [0.25, 0.3) is 0 Å². The topological polar surface area (TPSA) is 40.5 Å². The highest BCUT2D eigenvalue weighted by atomic mass is 16.4. The van der Waals surface area contributed by atoms with Crippen molar-refractivity contribution >= 4 is 5.97 Å². The Labute approximate surface area is 91.5 Å². The van der Waals surface area contributed by atoms with Crippen LogP contribution in [0.15, 0.2) is 0 Å². The molecule has 0 radical (unpaired) electrons. The van der Waals surface area contributed by atoms with Gasteiger partial charge in [-0.3, -0.25) is 4.79 Å². The third kappa shape index (κ3) is 2.33. The first-order chi connectivity index (χ1) is 7.06. The van der Waals surface area contributed by atoms with Gasteiger partial charge in [0.05, 0.1) is 0 Å². The lowest BCUT2D eigenvalue weighted by Crippen LogP contribution is -2.49. The molecule has 2 atom stereocenters. The number of rotatable bonds is 2. The summed E-state index contributed by atoms with van der Waals surface area (Å²) in [4.78, 5) is 13.2. The molecule has 2 rings (SSSR count). The van der Waals surface area contributed by atoms with Crippen molar-refractivity contribution in [1.29, 1.82) is 0 Å². The molecule has 3 nitrogen and oxygen atoms in total. The second-order valence-corrected chi connectivity index (χ2v) is 5.58. The summed E-state index contributed by atoms with van der Waals surface area (Å²) < 4.78 is 0. The molecule has 15 heavy (non-hydrogen) atoms. The number of carboxylic acid groups (broad SMARTS) is 1. The molecule has 2 aliphatic rings. The molecule has 1 N–H and O–H groups in total. The number of aliphatic carboxylic acids is 1. The fraction of sp³-hybridized carbons (Fsp3) is 0.917. The zero-order chi connectivity index (χ0) is 11.0. The summed E-state index contributed by atoms with van der Waals surface area (Å²) in [6.07, 6.45) is 2.83. The summed E-state index contributed by atoms with van der Waals surface area (Å²) in [5.74, 6) is 1.85. The number of carboxylic acids is 1. The number of nitrogens with zero attached hydrogens (tertiary/aromatic N) is 1. The molecular formula is C12H21NO2. The van der Waals surface area contributed by atoms with Gasteiger partial charge < -0.3 is 10.0 Å². The first kappa shape index (κ1) is 10.9. The lowest BCUT2D eigenvalue weighted by atomic mass is 9.64. The number of hydrogen-bond acceptors (Lipinski definition) is 2. The summed E-state index contributed by atoms with van der Waals surface area (Å²) in [7, 11) is 2.16. The number of likely N-dealkylation sites (tertiary alicyclic amines) is 1. The van der Waals surface area contributed by atoms with E-state index in [1.54, 1.807) is 0 Å². The van der Waals surface area contributed by atoms with E-state index in [0.29, 0.717) is 24.2 Å². The Kier molecular flexibility index (Phi) is 3.01. The molecule has 1 heterocycles. The van der Waals surface area contributed by atoms with Crippen LogP contribution in [0.5, 0.6) is 0 Å². The SMILES string of the molecule is CC1CC2CN(C)CC(C1)C2CC(=O)O. The third-order valence-corrected chi connectivity index (χ3v) is 4.12. The maximum atomic E-state index is 10.8. The Morgan fingerprint density at radius 2 is 1.87 bits per heavy atom. The second kappa shape index (κ2) is 4.12. The van der Waals surface area contributed by atoms with Gasteiger partial charge in [-0.05, 0) is 43.6 Å². The van der Waals surface area contributed by atoms with Crippen molar-refractivity contribution in [2.24, 2.45) is 23.7 Å². The highest BCUT2D eigenvalue weighted by Gasteiger charge is 2.41. The summed E-state index contributed by atoms with van der Waals surface area (Å²) in [6.45, 7) is 4.50. The number of piperidine rings is 1. The van der Waals surface area contributed by atoms with Crippen LogP contribution in [0.3, 0.4) is 0 Å². The summed E-state index contributed by atoms with van der Waals surface area (Å²) in [6, 6.07) is 0. The fourth-order valence-corrected chi connectivity index (χ4v) is 3.69. The second-order valence-electron chi connectivity index (χ2n) is 5.58. The van der Waals surface area contributed by atoms with Gasteiger partial charge in [-0.2, -0.15) is 0 Å². The van der Waals surface area contributed by atoms with Gasteiger partial charge >= 0.3 is 5.97 Å². The van der Waals surface area contributed by atoms with Gasteiger partial charge in [0.15, 0.2) is 0 Å². The molecule has 86 valence electrons. The molecular weight excluding hydrogens is 190 g/mol. The van der Waals surface area contributed by atoms with Crippen molar-refractivity contribution in [1.82, 2.24) is 4.90 Å². The molecule has 1 saturated carbocycles. The number of fused-ring (bicyclic) bond motifs is 2. The lowest BCUT2D eigenvalue weighted by Gasteiger charge is -2.48. The monoisotopic (exact) mass is 211 g/mol. The zero-order valence-electron chi connectivity index (χ0n) is 9.65. The molecule has 0 amide bonds. The minimum absolute atomic E-state index is 0.385. The summed E-state index contributed by atoms with van der Waals surface area (Å²) >= 11 is 0. The van der Waals surface area contributed by atoms with Crippen LogP contribution in [-0.2, 0) is 4.79 Å². The lowest BCUT2D eigenvalue weighted by molar-refractivity contribution is -0.140. The molecule has 0 aromatic rings. The zero-order valence-corrected chi connectivity index (χ0v) is 9.65. The minimum atomic E-state index is -0.617. The van der Waals surface area contributed by atoms with Gasteiger partial charge in [-0.1, -0.05) is 6.92 Å². The standard InChI is InChI=1S/C12H21NO2/c1-8-3-9-6-13(2)7-10(4-8)11(9)5-12(14)15/h8-11H,3-7H2,1-2H3,(H,14,15). The Bertz CT molecular complexity index is 224. The van der Waals surface area contributed by atoms with Gasteiger partial charge in [0.2, 0.25) is 0 Å². The van der Waals surface area contributed by atoms with E-state index < -0.39 is 5.97 Å². The first-order valence-corrected chi connectivity index (χ1v) is 5.96. The molecule has 1 aliphatic heterocycles. The Morgan fingerprint density at radius 1 is 1.33 bits per heavy atom. The van der Waals surface area contributed by atoms with E-state index in [1.807, 2.05) is 0 Å². The maximum absolute atomic E-state index is 10.8. The molecule has 2 bridgehead atoms. The van der Waals surface area contributed by atoms with Gasteiger partial charge in [0, 0.05) is 19.5 Å². The van der Waals surface area contributed by atoms with Crippen LogP contribution in [-0.4, -0.2) is 36.1 Å². The number of carbonyl (C=O) groups is 1. The van der Waals surface area contributed by atoms with Crippen LogP contribution in [0.1, 0.15) is 26.2 Å². The molecule has 0 aromatic heterocycles. The molecule has 2 unspecified atom stereocenters. The van der Waals surface area contributed by atoms with Crippen molar-refractivity contribution in [3.63, 3.8) is 0 Å². The molecule has 2 fully saturated rings. The Balaban J connectivity index is 2.08. The van der Waals surface area contributed by atoms with E-state index in [1.165, 1.54) is 12.8 Å². The molecule has 1 aliphatic carbocycles. The van der Waals surface area contributed by atoms with Crippen LogP contribution in [0, 0.1) is 23.7 Å². The Morgan fingerprint density at radius 3 is 2.33 bits per heavy atom. The highest BCUT2D eigenvalue weighted by molar-refractivity contribution is 5.67. The van der Waals surface area contributed by atoms with E-state index in [4.69, 9.17) is 5.11 Å². The van der Waals surface area contributed by atoms with Gasteiger partial charge in [-0.25, -0.2) is 0 Å². The predicted molar refractivity (Wildman–Crippen MR) is 58.6 cm³/mol. The Hall–Kier alpha value is -0.570. The normalized spacial score (nSPS) is 41.5. The molecule has 3 heteroatoms. The van der Waals surface area contributed by atoms with Crippen molar-refractivity contribution in [3.8, 4) is 0 Å². The van der Waals surface area contributed by atoms with Crippen LogP contribution >= 0.6 is 0 Å². The van der Waals surface area contributed by atoms with Crippen molar-refractivity contribution in [2.45, 2.75) is 26.2 Å². The van der Waals surface area contributed by atoms with E-state index >= 15 is 0 Å². The smallest absolute Gasteiger partial charge is 0.303 e. The summed E-state index contributed by atoms with van der Waals surface area (Å²) in [5.41, 5.74) is 0. The molecule has 1 saturated heterocycles. The van der Waals surface area contributed by atoms with Crippen LogP contribution in [0.2, 0.25) is 0 Å². The van der Waals surface area contributed by atoms with Crippen LogP contribution in [0.4, 0.5) is 0 Å². The third-order valence-electron chi connectivity index (χ3n) is 4.12. The van der Waals surface area contributed by atoms with Crippen molar-refractivity contribution < 1.29 is 9.90 Å². The highest BCUT2D eigenvalue weighted by Crippen LogP contribution is 2.43. The number of hydrogen-bond donors (Lipinski definition) is 1. The summed E-state index contributed by atoms with van der Waals surface area (Å²) in [5, 5.41) is 8.94. The fourth-order valence-electron chi connectivity index (χ4n) is 3.69. The average Bonchev–Trinajstić information content (AvgIpc) is 2.06. The quantitative estimate of drug-likeness (QED) is 0.755. The molecule has 0 spiro atoms. The van der Waals surface area contributed by atoms with Gasteiger partial charge in [0.1, 0.15) is 0 Å². The largest absolute Gasteiger partial charge is 0.481 e. The van der Waals surface area contributed by atoms with E-state index in [0.717, 1.165) is 19.0 Å². The predicted octanol–water partition coefficient (Wildman–Crippen LogP) is 1.69. The van der Waals surface area contributed by atoms with Crippen molar-refractivity contribution in [2.75, 3.05) is 20.1 Å². The van der Waals surface area contributed by atoms with Crippen molar-refractivity contribution in [3.05, 3.63) is 0 Å². The van der Waals surface area contributed by atoms with Crippen LogP contribution < -0.4 is 0 Å². The minimum Gasteiger partial charge on any atom is -0.481 e. The first-order valence-electron chi connectivity index (χ1n) is 5.96. The van der Waals surface area contributed by atoms with Crippen LogP contribution in [0.25, 0.3) is 0 Å². The van der Waals surface area contributed by atoms with E-state index in [9.17, 15) is 4.79 Å². The van der Waals surface area contributed by atoms with E-state index in [-0.39, 0.29) is 0 Å². The molecule has 0 aromatic carbocycles. The van der Waals surface area contributed by atoms with E-state index in [2.05, 4.69) is 18.9 Å². The van der Waals surface area contributed by atoms with Gasteiger partial charge in [-0.15, -0.1) is 0 Å².